The first-order chi connectivity index (χ1) is 6.16. The fourth-order valence-corrected chi connectivity index (χ4v) is 3.09. The number of aliphatic carboxylic acids is 1. The van der Waals surface area contributed by atoms with Crippen LogP contribution in [0.3, 0.4) is 0 Å². The third kappa shape index (κ3) is 1.47. The zero-order valence-corrected chi connectivity index (χ0v) is 8.25. The van der Waals surface area contributed by atoms with Crippen molar-refractivity contribution in [2.75, 3.05) is 0 Å². The van der Waals surface area contributed by atoms with Crippen LogP contribution < -0.4 is 0 Å². The standard InChI is InChI=1S/C11H18O2/c1-8(10(12)13)9-7-11(9)5-3-2-4-6-11/h8-9H,2-7H2,1H3,(H,12,13). The van der Waals surface area contributed by atoms with Crippen LogP contribution in [0.2, 0.25) is 0 Å². The SMILES string of the molecule is CC(C(=O)O)C1CC12CCCCC2. The summed E-state index contributed by atoms with van der Waals surface area (Å²) in [6.45, 7) is 1.87. The van der Waals surface area contributed by atoms with Gasteiger partial charge in [0.2, 0.25) is 0 Å². The van der Waals surface area contributed by atoms with Crippen LogP contribution in [0, 0.1) is 17.3 Å². The molecule has 1 N–H and O–H groups in total. The Hall–Kier alpha value is -0.530. The molecule has 0 saturated heterocycles. The smallest absolute Gasteiger partial charge is 0.306 e. The lowest BCUT2D eigenvalue weighted by molar-refractivity contribution is -0.142. The van der Waals surface area contributed by atoms with Crippen LogP contribution in [-0.2, 0) is 4.79 Å². The molecule has 2 rings (SSSR count). The molecule has 2 saturated carbocycles. The van der Waals surface area contributed by atoms with Crippen LogP contribution >= 0.6 is 0 Å². The van der Waals surface area contributed by atoms with Gasteiger partial charge in [0.05, 0.1) is 5.92 Å². The van der Waals surface area contributed by atoms with Gasteiger partial charge in [0.15, 0.2) is 0 Å². The normalized spacial score (nSPS) is 32.8. The lowest BCUT2D eigenvalue weighted by Gasteiger charge is -2.23. The molecular formula is C11H18O2. The van der Waals surface area contributed by atoms with Crippen molar-refractivity contribution in [3.63, 3.8) is 0 Å². The van der Waals surface area contributed by atoms with Gasteiger partial charge < -0.3 is 5.11 Å². The molecular weight excluding hydrogens is 164 g/mol. The van der Waals surface area contributed by atoms with Crippen LogP contribution in [0.15, 0.2) is 0 Å². The molecule has 2 heteroatoms. The average molecular weight is 182 g/mol. The Morgan fingerprint density at radius 3 is 2.54 bits per heavy atom. The van der Waals surface area contributed by atoms with E-state index >= 15 is 0 Å². The number of carboxylic acid groups (broad SMARTS) is 1. The molecule has 2 fully saturated rings. The molecule has 0 radical (unpaired) electrons. The molecule has 0 heterocycles. The lowest BCUT2D eigenvalue weighted by atomic mass is 9.82. The molecule has 0 aliphatic heterocycles. The highest BCUT2D eigenvalue weighted by molar-refractivity contribution is 5.70. The van der Waals surface area contributed by atoms with E-state index in [-0.39, 0.29) is 5.92 Å². The van der Waals surface area contributed by atoms with Crippen molar-refractivity contribution in [2.45, 2.75) is 45.4 Å². The molecule has 0 aromatic heterocycles. The summed E-state index contributed by atoms with van der Waals surface area (Å²) in [6, 6.07) is 0. The van der Waals surface area contributed by atoms with Gasteiger partial charge in [-0.15, -0.1) is 0 Å². The maximum atomic E-state index is 10.8. The minimum absolute atomic E-state index is 0.113. The maximum Gasteiger partial charge on any atom is 0.306 e. The van der Waals surface area contributed by atoms with Gasteiger partial charge in [-0.2, -0.15) is 0 Å². The van der Waals surface area contributed by atoms with E-state index in [4.69, 9.17) is 5.11 Å². The van der Waals surface area contributed by atoms with E-state index in [1.807, 2.05) is 6.92 Å². The summed E-state index contributed by atoms with van der Waals surface area (Å²) in [4.78, 5) is 10.8. The second-order valence-electron chi connectivity index (χ2n) is 4.86. The highest BCUT2D eigenvalue weighted by Gasteiger charge is 2.57. The van der Waals surface area contributed by atoms with Crippen molar-refractivity contribution < 1.29 is 9.90 Å². The van der Waals surface area contributed by atoms with E-state index in [2.05, 4.69) is 0 Å². The largest absolute Gasteiger partial charge is 0.481 e. The second kappa shape index (κ2) is 3.00. The Balaban J connectivity index is 1.95. The number of hydrogen-bond donors (Lipinski definition) is 1. The zero-order chi connectivity index (χ0) is 9.47. The molecule has 2 unspecified atom stereocenters. The molecule has 0 aromatic rings. The minimum atomic E-state index is -0.604. The van der Waals surface area contributed by atoms with Crippen molar-refractivity contribution >= 4 is 5.97 Å². The Kier molecular flexibility index (Phi) is 2.09. The Morgan fingerprint density at radius 1 is 1.38 bits per heavy atom. The fraction of sp³-hybridized carbons (Fsp3) is 0.909. The summed E-state index contributed by atoms with van der Waals surface area (Å²) in [6.07, 6.45) is 7.76. The zero-order valence-electron chi connectivity index (χ0n) is 8.25. The first-order valence-electron chi connectivity index (χ1n) is 5.38. The number of carbonyl (C=O) groups is 1. The number of rotatable bonds is 2. The predicted molar refractivity (Wildman–Crippen MR) is 50.4 cm³/mol. The van der Waals surface area contributed by atoms with Gasteiger partial charge >= 0.3 is 5.97 Å². The molecule has 1 spiro atoms. The van der Waals surface area contributed by atoms with Crippen molar-refractivity contribution in [3.8, 4) is 0 Å². The summed E-state index contributed by atoms with van der Waals surface area (Å²) in [5.41, 5.74) is 0.468. The molecule has 13 heavy (non-hydrogen) atoms. The Labute approximate surface area is 79.3 Å². The number of hydrogen-bond acceptors (Lipinski definition) is 1. The Morgan fingerprint density at radius 2 is 2.00 bits per heavy atom. The molecule has 2 aliphatic rings. The van der Waals surface area contributed by atoms with Crippen molar-refractivity contribution in [2.24, 2.45) is 17.3 Å². The van der Waals surface area contributed by atoms with Gasteiger partial charge in [-0.25, -0.2) is 0 Å². The molecule has 2 nitrogen and oxygen atoms in total. The monoisotopic (exact) mass is 182 g/mol. The summed E-state index contributed by atoms with van der Waals surface area (Å²) in [7, 11) is 0. The van der Waals surface area contributed by atoms with Gasteiger partial charge in [-0.1, -0.05) is 26.2 Å². The number of carboxylic acids is 1. The third-order valence-corrected chi connectivity index (χ3v) is 4.10. The average Bonchev–Trinajstić information content (AvgIpc) is 2.79. The second-order valence-corrected chi connectivity index (χ2v) is 4.86. The van der Waals surface area contributed by atoms with Gasteiger partial charge in [-0.05, 0) is 30.6 Å². The van der Waals surface area contributed by atoms with Crippen LogP contribution in [0.1, 0.15) is 45.4 Å². The first-order valence-corrected chi connectivity index (χ1v) is 5.38. The molecule has 2 aliphatic carbocycles. The van der Waals surface area contributed by atoms with Gasteiger partial charge in [0, 0.05) is 0 Å². The van der Waals surface area contributed by atoms with Crippen molar-refractivity contribution in [1.29, 1.82) is 0 Å². The van der Waals surface area contributed by atoms with E-state index in [9.17, 15) is 4.79 Å². The highest BCUT2D eigenvalue weighted by atomic mass is 16.4. The van der Waals surface area contributed by atoms with Gasteiger partial charge in [0.1, 0.15) is 0 Å². The molecule has 74 valence electrons. The predicted octanol–water partition coefficient (Wildman–Crippen LogP) is 2.68. The van der Waals surface area contributed by atoms with E-state index in [1.165, 1.54) is 38.5 Å². The van der Waals surface area contributed by atoms with E-state index in [1.54, 1.807) is 0 Å². The van der Waals surface area contributed by atoms with Crippen LogP contribution in [0.25, 0.3) is 0 Å². The summed E-state index contributed by atoms with van der Waals surface area (Å²) < 4.78 is 0. The maximum absolute atomic E-state index is 10.8. The first kappa shape index (κ1) is 9.04. The molecule has 0 aromatic carbocycles. The summed E-state index contributed by atoms with van der Waals surface area (Å²) >= 11 is 0. The summed E-state index contributed by atoms with van der Waals surface area (Å²) in [5.74, 6) is -0.226. The minimum Gasteiger partial charge on any atom is -0.481 e. The van der Waals surface area contributed by atoms with Crippen molar-refractivity contribution in [3.05, 3.63) is 0 Å². The topological polar surface area (TPSA) is 37.3 Å². The van der Waals surface area contributed by atoms with E-state index in [0.29, 0.717) is 11.3 Å². The van der Waals surface area contributed by atoms with Gasteiger partial charge in [-0.3, -0.25) is 4.79 Å². The van der Waals surface area contributed by atoms with Gasteiger partial charge in [0.25, 0.3) is 0 Å². The fourth-order valence-electron chi connectivity index (χ4n) is 3.09. The third-order valence-electron chi connectivity index (χ3n) is 4.10. The quantitative estimate of drug-likeness (QED) is 0.713. The van der Waals surface area contributed by atoms with Crippen LogP contribution in [-0.4, -0.2) is 11.1 Å². The molecule has 0 bridgehead atoms. The van der Waals surface area contributed by atoms with E-state index < -0.39 is 5.97 Å². The molecule has 2 atom stereocenters. The molecule has 0 amide bonds. The van der Waals surface area contributed by atoms with E-state index in [0.717, 1.165) is 0 Å². The Bertz CT molecular complexity index is 216. The van der Waals surface area contributed by atoms with Crippen LogP contribution in [0.5, 0.6) is 0 Å². The highest BCUT2D eigenvalue weighted by Crippen LogP contribution is 2.64. The van der Waals surface area contributed by atoms with Crippen molar-refractivity contribution in [1.82, 2.24) is 0 Å². The lowest BCUT2D eigenvalue weighted by Crippen LogP contribution is -2.18. The van der Waals surface area contributed by atoms with Crippen LogP contribution in [0.4, 0.5) is 0 Å². The summed E-state index contributed by atoms with van der Waals surface area (Å²) in [5, 5.41) is 8.91.